The van der Waals surface area contributed by atoms with Gasteiger partial charge in [-0.15, -0.1) is 22.7 Å². The van der Waals surface area contributed by atoms with E-state index in [1.807, 2.05) is 29.0 Å². The molecular formula is C17H14N2O2S2. The Morgan fingerprint density at radius 3 is 2.91 bits per heavy atom. The number of carbonyl (C=O) groups is 1. The van der Waals surface area contributed by atoms with Gasteiger partial charge in [-0.3, -0.25) is 10.1 Å². The molecule has 6 heteroatoms. The minimum absolute atomic E-state index is 0.239. The van der Waals surface area contributed by atoms with Gasteiger partial charge in [0.15, 0.2) is 5.13 Å². The van der Waals surface area contributed by atoms with Gasteiger partial charge in [-0.25, -0.2) is 4.98 Å². The molecule has 23 heavy (non-hydrogen) atoms. The average Bonchev–Trinajstić information content (AvgIpc) is 3.24. The van der Waals surface area contributed by atoms with Gasteiger partial charge in [-0.05, 0) is 23.6 Å². The molecule has 2 heterocycles. The van der Waals surface area contributed by atoms with E-state index in [1.165, 1.54) is 11.3 Å². The minimum atomic E-state index is -0.239. The number of thiazole rings is 1. The summed E-state index contributed by atoms with van der Waals surface area (Å²) in [6, 6.07) is 11.1. The zero-order valence-electron chi connectivity index (χ0n) is 12.2. The molecule has 0 atom stereocenters. The number of para-hydroxylation sites is 1. The first-order valence-electron chi connectivity index (χ1n) is 6.91. The molecule has 0 aliphatic carbocycles. The minimum Gasteiger partial charge on any atom is -0.489 e. The molecule has 0 saturated heterocycles. The maximum Gasteiger partial charge on any atom is 0.261 e. The molecule has 0 unspecified atom stereocenters. The van der Waals surface area contributed by atoms with Crippen molar-refractivity contribution in [3.05, 3.63) is 65.4 Å². The van der Waals surface area contributed by atoms with Gasteiger partial charge in [0.05, 0.1) is 16.1 Å². The van der Waals surface area contributed by atoms with Crippen LogP contribution < -0.4 is 10.1 Å². The Morgan fingerprint density at radius 1 is 1.26 bits per heavy atom. The van der Waals surface area contributed by atoms with Gasteiger partial charge in [0.2, 0.25) is 0 Å². The number of amides is 1. The number of ether oxygens (including phenoxy) is 1. The fourth-order valence-corrected chi connectivity index (χ4v) is 3.43. The molecule has 4 nitrogen and oxygen atoms in total. The number of carbonyl (C=O) groups excluding carboxylic acids is 1. The number of rotatable bonds is 6. The second kappa shape index (κ2) is 7.21. The van der Waals surface area contributed by atoms with E-state index in [0.717, 1.165) is 10.6 Å². The van der Waals surface area contributed by atoms with Crippen LogP contribution in [-0.4, -0.2) is 17.5 Å². The van der Waals surface area contributed by atoms with E-state index in [2.05, 4.69) is 16.9 Å². The molecule has 1 amide bonds. The van der Waals surface area contributed by atoms with Crippen molar-refractivity contribution < 1.29 is 9.53 Å². The number of benzene rings is 1. The average molecular weight is 342 g/mol. The van der Waals surface area contributed by atoms with E-state index in [0.29, 0.717) is 23.1 Å². The molecule has 2 aromatic heterocycles. The van der Waals surface area contributed by atoms with Crippen LogP contribution in [0.1, 0.15) is 10.4 Å². The summed E-state index contributed by atoms with van der Waals surface area (Å²) in [6.45, 7) is 3.96. The second-order valence-corrected chi connectivity index (χ2v) is 6.37. The Bertz CT molecular complexity index is 810. The molecule has 3 rings (SSSR count). The fraction of sp³-hybridized carbons (Fsp3) is 0.0588. The number of nitrogens with zero attached hydrogens (tertiary/aromatic N) is 1. The largest absolute Gasteiger partial charge is 0.489 e. The van der Waals surface area contributed by atoms with Crippen molar-refractivity contribution in [2.75, 3.05) is 11.9 Å². The number of hydrogen-bond acceptors (Lipinski definition) is 5. The number of thiophene rings is 1. The summed E-state index contributed by atoms with van der Waals surface area (Å²) in [4.78, 5) is 18.0. The van der Waals surface area contributed by atoms with E-state index in [4.69, 9.17) is 4.74 Å². The highest BCUT2D eigenvalue weighted by atomic mass is 32.1. The van der Waals surface area contributed by atoms with E-state index in [1.54, 1.807) is 35.6 Å². The Balaban J connectivity index is 1.76. The summed E-state index contributed by atoms with van der Waals surface area (Å²) >= 11 is 3.02. The molecule has 0 radical (unpaired) electrons. The number of hydrogen-bond donors (Lipinski definition) is 1. The number of aromatic nitrogens is 1. The predicted octanol–water partition coefficient (Wildman–Crippen LogP) is 4.69. The molecule has 0 saturated carbocycles. The van der Waals surface area contributed by atoms with Crippen LogP contribution in [0.15, 0.2) is 59.8 Å². The molecule has 0 bridgehead atoms. The Kier molecular flexibility index (Phi) is 4.85. The van der Waals surface area contributed by atoms with Crippen LogP contribution in [0, 0.1) is 0 Å². The lowest BCUT2D eigenvalue weighted by molar-refractivity contribution is 0.102. The first-order chi connectivity index (χ1) is 11.3. The fourth-order valence-electron chi connectivity index (χ4n) is 1.96. The highest BCUT2D eigenvalue weighted by Crippen LogP contribution is 2.29. The maximum atomic E-state index is 12.4. The molecular weight excluding hydrogens is 328 g/mol. The highest BCUT2D eigenvalue weighted by molar-refractivity contribution is 7.16. The van der Waals surface area contributed by atoms with Crippen molar-refractivity contribution >= 4 is 33.7 Å². The van der Waals surface area contributed by atoms with Crippen molar-refractivity contribution in [2.45, 2.75) is 0 Å². The molecule has 0 aliphatic heterocycles. The lowest BCUT2D eigenvalue weighted by Crippen LogP contribution is -2.13. The van der Waals surface area contributed by atoms with Crippen LogP contribution in [-0.2, 0) is 0 Å². The van der Waals surface area contributed by atoms with Crippen molar-refractivity contribution in [1.82, 2.24) is 4.98 Å². The number of anilines is 1. The smallest absolute Gasteiger partial charge is 0.261 e. The standard InChI is InChI=1S/C17H14N2O2S2/c1-2-9-21-14-7-4-3-6-12(14)16(20)19-17-18-13(11-23-17)15-8-5-10-22-15/h2-8,10-11H,1,9H2,(H,18,19,20). The van der Waals surface area contributed by atoms with Crippen LogP contribution in [0.2, 0.25) is 0 Å². The van der Waals surface area contributed by atoms with Gasteiger partial charge in [0.1, 0.15) is 12.4 Å². The van der Waals surface area contributed by atoms with Crippen molar-refractivity contribution in [2.24, 2.45) is 0 Å². The van der Waals surface area contributed by atoms with Gasteiger partial charge in [0, 0.05) is 5.38 Å². The normalized spacial score (nSPS) is 10.3. The zero-order chi connectivity index (χ0) is 16.1. The van der Waals surface area contributed by atoms with Crippen molar-refractivity contribution in [3.8, 4) is 16.3 Å². The van der Waals surface area contributed by atoms with E-state index >= 15 is 0 Å². The lowest BCUT2D eigenvalue weighted by Gasteiger charge is -2.09. The topological polar surface area (TPSA) is 51.2 Å². The third-order valence-electron chi connectivity index (χ3n) is 2.99. The highest BCUT2D eigenvalue weighted by Gasteiger charge is 2.14. The molecule has 3 aromatic rings. The summed E-state index contributed by atoms with van der Waals surface area (Å²) < 4.78 is 5.52. The summed E-state index contributed by atoms with van der Waals surface area (Å²) in [6.07, 6.45) is 1.64. The van der Waals surface area contributed by atoms with E-state index < -0.39 is 0 Å². The summed E-state index contributed by atoms with van der Waals surface area (Å²) in [5.41, 5.74) is 1.35. The molecule has 1 aromatic carbocycles. The summed E-state index contributed by atoms with van der Waals surface area (Å²) in [5, 5.41) is 7.32. The lowest BCUT2D eigenvalue weighted by atomic mass is 10.2. The van der Waals surface area contributed by atoms with Gasteiger partial charge < -0.3 is 4.74 Å². The third-order valence-corrected chi connectivity index (χ3v) is 4.64. The van der Waals surface area contributed by atoms with Crippen LogP contribution in [0.25, 0.3) is 10.6 Å². The van der Waals surface area contributed by atoms with Crippen LogP contribution in [0.3, 0.4) is 0 Å². The SMILES string of the molecule is C=CCOc1ccccc1C(=O)Nc1nc(-c2cccs2)cs1. The first kappa shape index (κ1) is 15.5. The molecule has 1 N–H and O–H groups in total. The Hall–Kier alpha value is -2.44. The van der Waals surface area contributed by atoms with Crippen molar-refractivity contribution in [3.63, 3.8) is 0 Å². The first-order valence-corrected chi connectivity index (χ1v) is 8.67. The van der Waals surface area contributed by atoms with E-state index in [-0.39, 0.29) is 5.91 Å². The van der Waals surface area contributed by atoms with Crippen LogP contribution in [0.4, 0.5) is 5.13 Å². The molecule has 0 spiro atoms. The summed E-state index contributed by atoms with van der Waals surface area (Å²) in [5.74, 6) is 0.289. The molecule has 0 fully saturated rings. The predicted molar refractivity (Wildman–Crippen MR) is 95.5 cm³/mol. The Morgan fingerprint density at radius 2 is 2.13 bits per heavy atom. The quantitative estimate of drug-likeness (QED) is 0.661. The Labute approximate surface area is 142 Å². The van der Waals surface area contributed by atoms with Gasteiger partial charge in [-0.2, -0.15) is 0 Å². The molecule has 0 aliphatic rings. The monoisotopic (exact) mass is 342 g/mol. The molecule has 116 valence electrons. The van der Waals surface area contributed by atoms with Crippen molar-refractivity contribution in [1.29, 1.82) is 0 Å². The summed E-state index contributed by atoms with van der Waals surface area (Å²) in [7, 11) is 0. The van der Waals surface area contributed by atoms with Crippen LogP contribution >= 0.6 is 22.7 Å². The van der Waals surface area contributed by atoms with Gasteiger partial charge in [0.25, 0.3) is 5.91 Å². The maximum absolute atomic E-state index is 12.4. The second-order valence-electron chi connectivity index (χ2n) is 4.57. The van der Waals surface area contributed by atoms with Gasteiger partial charge in [-0.1, -0.05) is 30.9 Å². The van der Waals surface area contributed by atoms with Gasteiger partial charge >= 0.3 is 0 Å². The number of nitrogens with one attached hydrogen (secondary N) is 1. The zero-order valence-corrected chi connectivity index (χ0v) is 13.8. The third kappa shape index (κ3) is 3.67. The van der Waals surface area contributed by atoms with Crippen LogP contribution in [0.5, 0.6) is 5.75 Å². The van der Waals surface area contributed by atoms with E-state index in [9.17, 15) is 4.79 Å².